The van der Waals surface area contributed by atoms with Crippen molar-refractivity contribution in [3.63, 3.8) is 0 Å². The number of rotatable bonds is 3. The summed E-state index contributed by atoms with van der Waals surface area (Å²) in [5.74, 6) is 0.822. The van der Waals surface area contributed by atoms with Crippen LogP contribution in [0.25, 0.3) is 4.96 Å². The second-order valence-corrected chi connectivity index (χ2v) is 8.53. The SMILES string of the molecule is Cc1nc2sc(C(c3ccc(Cl)cc3)N3CCc4ccccc4C3)c(O)n2n1. The molecule has 0 bridgehead atoms. The summed E-state index contributed by atoms with van der Waals surface area (Å²) >= 11 is 7.62. The van der Waals surface area contributed by atoms with Crippen LogP contribution in [0, 0.1) is 6.92 Å². The lowest BCUT2D eigenvalue weighted by Gasteiger charge is -2.35. The molecule has 0 saturated heterocycles. The fourth-order valence-electron chi connectivity index (χ4n) is 3.94. The molecule has 0 aliphatic carbocycles. The first-order valence-corrected chi connectivity index (χ1v) is 10.4. The van der Waals surface area contributed by atoms with E-state index < -0.39 is 0 Å². The molecule has 28 heavy (non-hydrogen) atoms. The number of aromatic nitrogens is 3. The molecule has 0 saturated carbocycles. The van der Waals surface area contributed by atoms with E-state index in [4.69, 9.17) is 11.6 Å². The molecular weight excluding hydrogens is 392 g/mol. The van der Waals surface area contributed by atoms with Crippen LogP contribution in [-0.2, 0) is 13.0 Å². The Labute approximate surface area is 171 Å². The maximum absolute atomic E-state index is 10.9. The van der Waals surface area contributed by atoms with Crippen LogP contribution in [-0.4, -0.2) is 31.1 Å². The van der Waals surface area contributed by atoms with Gasteiger partial charge < -0.3 is 5.11 Å². The summed E-state index contributed by atoms with van der Waals surface area (Å²) < 4.78 is 1.54. The second-order valence-electron chi connectivity index (χ2n) is 7.09. The highest BCUT2D eigenvalue weighted by molar-refractivity contribution is 7.17. The summed E-state index contributed by atoms with van der Waals surface area (Å²) in [6, 6.07) is 16.4. The van der Waals surface area contributed by atoms with E-state index in [1.165, 1.54) is 27.0 Å². The summed E-state index contributed by atoms with van der Waals surface area (Å²) in [4.78, 5) is 8.41. The van der Waals surface area contributed by atoms with E-state index in [0.717, 1.165) is 30.0 Å². The quantitative estimate of drug-likeness (QED) is 0.536. The maximum Gasteiger partial charge on any atom is 0.230 e. The van der Waals surface area contributed by atoms with Crippen molar-refractivity contribution in [2.45, 2.75) is 25.9 Å². The third-order valence-corrected chi connectivity index (χ3v) is 6.59. The van der Waals surface area contributed by atoms with Gasteiger partial charge in [-0.25, -0.2) is 4.98 Å². The minimum atomic E-state index is -0.0839. The summed E-state index contributed by atoms with van der Waals surface area (Å²) in [5.41, 5.74) is 3.83. The van der Waals surface area contributed by atoms with Gasteiger partial charge in [0.25, 0.3) is 0 Å². The van der Waals surface area contributed by atoms with E-state index in [9.17, 15) is 5.11 Å². The fourth-order valence-corrected chi connectivity index (χ4v) is 5.23. The second kappa shape index (κ2) is 6.88. The molecular formula is C21H19ClN4OS. The zero-order chi connectivity index (χ0) is 19.3. The average Bonchev–Trinajstić information content (AvgIpc) is 3.21. The highest BCUT2D eigenvalue weighted by atomic mass is 35.5. The Morgan fingerprint density at radius 1 is 1.11 bits per heavy atom. The molecule has 1 unspecified atom stereocenters. The summed E-state index contributed by atoms with van der Waals surface area (Å²) in [7, 11) is 0. The molecule has 2 aromatic carbocycles. The van der Waals surface area contributed by atoms with E-state index in [2.05, 4.69) is 39.2 Å². The van der Waals surface area contributed by atoms with Crippen LogP contribution in [0.2, 0.25) is 5.02 Å². The number of thiazole rings is 1. The number of nitrogens with zero attached hydrogens (tertiary/aromatic N) is 4. The predicted molar refractivity (Wildman–Crippen MR) is 111 cm³/mol. The Bertz CT molecular complexity index is 1150. The topological polar surface area (TPSA) is 53.7 Å². The number of hydrogen-bond donors (Lipinski definition) is 1. The molecule has 7 heteroatoms. The van der Waals surface area contributed by atoms with Gasteiger partial charge in [-0.1, -0.05) is 59.3 Å². The van der Waals surface area contributed by atoms with Gasteiger partial charge in [-0.15, -0.1) is 5.10 Å². The van der Waals surface area contributed by atoms with Gasteiger partial charge in [0.2, 0.25) is 10.8 Å². The first-order valence-electron chi connectivity index (χ1n) is 9.21. The van der Waals surface area contributed by atoms with Crippen LogP contribution >= 0.6 is 22.9 Å². The predicted octanol–water partition coefficient (Wildman–Crippen LogP) is 4.61. The minimum Gasteiger partial charge on any atom is -0.492 e. The molecule has 142 valence electrons. The van der Waals surface area contributed by atoms with E-state index in [1.807, 2.05) is 31.2 Å². The molecule has 5 rings (SSSR count). The maximum atomic E-state index is 10.9. The van der Waals surface area contributed by atoms with Crippen molar-refractivity contribution >= 4 is 27.9 Å². The van der Waals surface area contributed by atoms with E-state index >= 15 is 0 Å². The molecule has 1 atom stereocenters. The van der Waals surface area contributed by atoms with E-state index in [1.54, 1.807) is 0 Å². The number of aromatic hydroxyl groups is 1. The third kappa shape index (κ3) is 2.98. The Kier molecular flexibility index (Phi) is 4.34. The van der Waals surface area contributed by atoms with Crippen LogP contribution in [0.15, 0.2) is 48.5 Å². The van der Waals surface area contributed by atoms with Crippen molar-refractivity contribution in [1.82, 2.24) is 19.5 Å². The molecule has 1 N–H and O–H groups in total. The van der Waals surface area contributed by atoms with Crippen LogP contribution < -0.4 is 0 Å². The van der Waals surface area contributed by atoms with Gasteiger partial charge in [0.15, 0.2) is 0 Å². The van der Waals surface area contributed by atoms with Gasteiger partial charge in [0.05, 0.1) is 10.9 Å². The largest absolute Gasteiger partial charge is 0.492 e. The van der Waals surface area contributed by atoms with Crippen molar-refractivity contribution < 1.29 is 5.11 Å². The molecule has 0 amide bonds. The lowest BCUT2D eigenvalue weighted by molar-refractivity contribution is 0.205. The Morgan fingerprint density at radius 3 is 2.61 bits per heavy atom. The summed E-state index contributed by atoms with van der Waals surface area (Å²) in [5, 5.41) is 16.0. The van der Waals surface area contributed by atoms with Gasteiger partial charge >= 0.3 is 0 Å². The van der Waals surface area contributed by atoms with E-state index in [0.29, 0.717) is 15.8 Å². The van der Waals surface area contributed by atoms with Crippen molar-refractivity contribution in [3.05, 3.63) is 80.9 Å². The first kappa shape index (κ1) is 17.7. The van der Waals surface area contributed by atoms with Crippen molar-refractivity contribution in [2.75, 3.05) is 6.54 Å². The Morgan fingerprint density at radius 2 is 1.86 bits per heavy atom. The molecule has 0 spiro atoms. The fraction of sp³-hybridized carbons (Fsp3) is 0.238. The van der Waals surface area contributed by atoms with Crippen molar-refractivity contribution in [3.8, 4) is 5.88 Å². The first-order chi connectivity index (χ1) is 13.6. The molecule has 2 aromatic heterocycles. The third-order valence-electron chi connectivity index (χ3n) is 5.27. The van der Waals surface area contributed by atoms with Crippen LogP contribution in [0.3, 0.4) is 0 Å². The lowest BCUT2D eigenvalue weighted by atomic mass is 9.96. The zero-order valence-electron chi connectivity index (χ0n) is 15.3. The Balaban J connectivity index is 1.62. The number of fused-ring (bicyclic) bond motifs is 2. The molecule has 0 fully saturated rings. The highest BCUT2D eigenvalue weighted by Crippen LogP contribution is 2.41. The van der Waals surface area contributed by atoms with E-state index in [-0.39, 0.29) is 11.9 Å². The molecule has 1 aliphatic rings. The normalized spacial score (nSPS) is 15.6. The van der Waals surface area contributed by atoms with Crippen LogP contribution in [0.4, 0.5) is 0 Å². The number of benzene rings is 2. The van der Waals surface area contributed by atoms with Gasteiger partial charge in [-0.3, -0.25) is 4.90 Å². The minimum absolute atomic E-state index is 0.0839. The highest BCUT2D eigenvalue weighted by Gasteiger charge is 2.31. The monoisotopic (exact) mass is 410 g/mol. The summed E-state index contributed by atoms with van der Waals surface area (Å²) in [6.07, 6.45) is 0.987. The van der Waals surface area contributed by atoms with Crippen LogP contribution in [0.1, 0.15) is 33.4 Å². The number of halogens is 1. The van der Waals surface area contributed by atoms with Crippen LogP contribution in [0.5, 0.6) is 5.88 Å². The number of hydrogen-bond acceptors (Lipinski definition) is 5. The van der Waals surface area contributed by atoms with Gasteiger partial charge in [-0.2, -0.15) is 4.52 Å². The van der Waals surface area contributed by atoms with Crippen molar-refractivity contribution in [1.29, 1.82) is 0 Å². The standard InChI is InChI=1S/C21H19ClN4OS/c1-13-23-21-26(24-13)20(27)19(28-21)18(15-6-8-17(22)9-7-15)25-11-10-14-4-2-3-5-16(14)12-25/h2-9,18,27H,10-12H2,1H3. The number of aryl methyl sites for hydroxylation is 1. The van der Waals surface area contributed by atoms with Crippen molar-refractivity contribution in [2.24, 2.45) is 0 Å². The van der Waals surface area contributed by atoms with Gasteiger partial charge in [0.1, 0.15) is 5.82 Å². The molecule has 1 aliphatic heterocycles. The molecule has 0 radical (unpaired) electrons. The smallest absolute Gasteiger partial charge is 0.230 e. The molecule has 3 heterocycles. The lowest BCUT2D eigenvalue weighted by Crippen LogP contribution is -2.34. The van der Waals surface area contributed by atoms with Gasteiger partial charge in [0, 0.05) is 18.1 Å². The van der Waals surface area contributed by atoms with Gasteiger partial charge in [-0.05, 0) is 42.2 Å². The molecule has 4 aromatic rings. The summed E-state index contributed by atoms with van der Waals surface area (Å²) in [6.45, 7) is 3.57. The Hall–Kier alpha value is -2.41. The molecule has 5 nitrogen and oxygen atoms in total. The average molecular weight is 411 g/mol. The zero-order valence-corrected chi connectivity index (χ0v) is 16.9.